The molecule has 200 valence electrons. The molecular weight excluding hydrogens is 499 g/mol. The lowest BCUT2D eigenvalue weighted by Gasteiger charge is -2.33. The number of rotatable bonds is 9. The number of carbonyl (C=O) groups is 2. The molecule has 0 bridgehead atoms. The first-order valence-electron chi connectivity index (χ1n) is 12.1. The third-order valence-corrected chi connectivity index (χ3v) is 7.23. The van der Waals surface area contributed by atoms with Crippen molar-refractivity contribution >= 4 is 17.5 Å². The largest absolute Gasteiger partial charge is 0.389 e. The highest BCUT2D eigenvalue weighted by atomic mass is 19.4. The van der Waals surface area contributed by atoms with Crippen molar-refractivity contribution in [1.82, 2.24) is 19.9 Å². The number of hydrogen-bond acceptors (Lipinski definition) is 5. The molecular formula is C24H27F5N6O2. The minimum Gasteiger partial charge on any atom is -0.369 e. The first-order chi connectivity index (χ1) is 17.4. The van der Waals surface area contributed by atoms with E-state index in [0.29, 0.717) is 24.1 Å². The molecule has 2 aromatic rings. The van der Waals surface area contributed by atoms with E-state index in [1.807, 2.05) is 0 Å². The molecule has 4 rings (SSSR count). The average Bonchev–Trinajstić information content (AvgIpc) is 3.54. The molecule has 2 fully saturated rings. The van der Waals surface area contributed by atoms with Crippen LogP contribution in [0.2, 0.25) is 0 Å². The molecule has 13 heteroatoms. The first-order valence-corrected chi connectivity index (χ1v) is 12.1. The number of fused-ring (bicyclic) bond motifs is 1. The number of nitrogens with two attached hydrogens (primary N) is 1. The van der Waals surface area contributed by atoms with Crippen LogP contribution in [0.4, 0.5) is 22.0 Å². The Morgan fingerprint density at radius 1 is 1.22 bits per heavy atom. The predicted octanol–water partition coefficient (Wildman–Crippen LogP) is 4.17. The van der Waals surface area contributed by atoms with Gasteiger partial charge in [0.2, 0.25) is 17.7 Å². The van der Waals surface area contributed by atoms with E-state index in [4.69, 9.17) is 11.0 Å². The molecule has 2 aromatic heterocycles. The molecule has 2 aliphatic carbocycles. The van der Waals surface area contributed by atoms with Crippen LogP contribution in [0.5, 0.6) is 0 Å². The minimum atomic E-state index is -4.57. The van der Waals surface area contributed by atoms with E-state index in [0.717, 1.165) is 0 Å². The molecule has 37 heavy (non-hydrogen) atoms. The highest BCUT2D eigenvalue weighted by Crippen LogP contribution is 2.49. The van der Waals surface area contributed by atoms with Crippen LogP contribution in [-0.2, 0) is 9.59 Å². The number of nitrogens with one attached hydrogen (secondary N) is 1. The number of imidazole rings is 1. The summed E-state index contributed by atoms with van der Waals surface area (Å²) < 4.78 is 68.5. The number of aromatic nitrogens is 3. The zero-order chi connectivity index (χ0) is 27.0. The number of primary amides is 1. The number of carbonyl (C=O) groups excluding carboxylic acids is 2. The van der Waals surface area contributed by atoms with E-state index in [1.165, 1.54) is 16.9 Å². The summed E-state index contributed by atoms with van der Waals surface area (Å²) in [6, 6.07) is 2.56. The normalized spacial score (nSPS) is 20.6. The van der Waals surface area contributed by atoms with Crippen LogP contribution in [0.1, 0.15) is 74.6 Å². The Morgan fingerprint density at radius 2 is 1.89 bits per heavy atom. The highest BCUT2D eigenvalue weighted by molar-refractivity contribution is 5.79. The van der Waals surface area contributed by atoms with Crippen molar-refractivity contribution in [3.8, 4) is 6.07 Å². The van der Waals surface area contributed by atoms with Gasteiger partial charge in [-0.25, -0.2) is 18.3 Å². The third kappa shape index (κ3) is 6.53. The maximum Gasteiger partial charge on any atom is 0.389 e. The molecule has 3 atom stereocenters. The van der Waals surface area contributed by atoms with Crippen LogP contribution in [0.15, 0.2) is 18.5 Å². The molecule has 0 aliphatic heterocycles. The molecule has 8 nitrogen and oxygen atoms in total. The zero-order valence-corrected chi connectivity index (χ0v) is 19.8. The van der Waals surface area contributed by atoms with Crippen molar-refractivity contribution in [2.75, 3.05) is 0 Å². The Kier molecular flexibility index (Phi) is 7.39. The van der Waals surface area contributed by atoms with Crippen molar-refractivity contribution in [2.45, 2.75) is 75.4 Å². The van der Waals surface area contributed by atoms with Gasteiger partial charge in [0.15, 0.2) is 5.65 Å². The molecule has 2 aliphatic rings. The van der Waals surface area contributed by atoms with Gasteiger partial charge in [0, 0.05) is 18.8 Å². The fourth-order valence-electron chi connectivity index (χ4n) is 5.31. The van der Waals surface area contributed by atoms with Gasteiger partial charge >= 0.3 is 6.18 Å². The Hall–Kier alpha value is -3.30. The average molecular weight is 527 g/mol. The van der Waals surface area contributed by atoms with Crippen LogP contribution in [0.25, 0.3) is 5.65 Å². The van der Waals surface area contributed by atoms with Gasteiger partial charge in [-0.2, -0.15) is 23.5 Å². The van der Waals surface area contributed by atoms with E-state index in [9.17, 15) is 31.5 Å². The fraction of sp³-hybridized carbons (Fsp3) is 0.625. The van der Waals surface area contributed by atoms with Crippen molar-refractivity contribution in [2.24, 2.45) is 23.5 Å². The summed E-state index contributed by atoms with van der Waals surface area (Å²) >= 11 is 0. The molecule has 0 saturated heterocycles. The molecule has 3 N–H and O–H groups in total. The molecule has 2 amide bonds. The van der Waals surface area contributed by atoms with E-state index >= 15 is 0 Å². The van der Waals surface area contributed by atoms with Gasteiger partial charge < -0.3 is 11.1 Å². The number of nitrogens with zero attached hydrogens (tertiary/aromatic N) is 4. The Morgan fingerprint density at radius 3 is 2.46 bits per heavy atom. The van der Waals surface area contributed by atoms with Gasteiger partial charge in [-0.1, -0.05) is 0 Å². The Balaban J connectivity index is 1.66. The Labute approximate surface area is 209 Å². The summed E-state index contributed by atoms with van der Waals surface area (Å²) in [4.78, 5) is 28.8. The first kappa shape index (κ1) is 26.8. The van der Waals surface area contributed by atoms with Gasteiger partial charge in [0.1, 0.15) is 6.42 Å². The lowest BCUT2D eigenvalue weighted by atomic mass is 9.80. The zero-order valence-electron chi connectivity index (χ0n) is 19.8. The van der Waals surface area contributed by atoms with Crippen LogP contribution < -0.4 is 11.1 Å². The number of hydrogen-bond donors (Lipinski definition) is 2. The summed E-state index contributed by atoms with van der Waals surface area (Å²) in [7, 11) is 0. The number of nitriles is 1. The van der Waals surface area contributed by atoms with Gasteiger partial charge in [0.05, 0.1) is 42.5 Å². The van der Waals surface area contributed by atoms with Gasteiger partial charge in [0.25, 0.3) is 0 Å². The monoisotopic (exact) mass is 526 g/mol. The SMILES string of the molecule is N#CCC(=O)N[C@H](c1cn2ncc([C@H](C3CC3)C(CC(F)(F)F)C(N)=O)cc2n1)C1CCC(F)(F)CC1. The van der Waals surface area contributed by atoms with Crippen molar-refractivity contribution < 1.29 is 31.5 Å². The summed E-state index contributed by atoms with van der Waals surface area (Å²) in [5.41, 5.74) is 6.40. The van der Waals surface area contributed by atoms with E-state index in [2.05, 4.69) is 15.4 Å². The summed E-state index contributed by atoms with van der Waals surface area (Å²) in [5, 5.41) is 15.9. The fourth-order valence-corrected chi connectivity index (χ4v) is 5.31. The van der Waals surface area contributed by atoms with Gasteiger partial charge in [-0.05, 0) is 49.1 Å². The highest BCUT2D eigenvalue weighted by Gasteiger charge is 2.45. The van der Waals surface area contributed by atoms with E-state index in [1.54, 1.807) is 12.1 Å². The molecule has 2 heterocycles. The smallest absolute Gasteiger partial charge is 0.369 e. The quantitative estimate of drug-likeness (QED) is 0.474. The van der Waals surface area contributed by atoms with Crippen LogP contribution >= 0.6 is 0 Å². The Bertz CT molecular complexity index is 1190. The molecule has 2 saturated carbocycles. The van der Waals surface area contributed by atoms with Crippen molar-refractivity contribution in [3.05, 3.63) is 29.7 Å². The second kappa shape index (κ2) is 10.2. The summed E-state index contributed by atoms with van der Waals surface area (Å²) in [6.45, 7) is 0. The maximum absolute atomic E-state index is 13.7. The molecule has 0 radical (unpaired) electrons. The number of alkyl halides is 5. The molecule has 0 aromatic carbocycles. The standard InChI is InChI=1S/C24H27F5N6O2/c25-23(26)6-3-14(4-7-23)21(34-19(36)5-8-30)17-12-35-18(33-17)9-15(11-32-35)20(13-1-2-13)16(22(31)37)10-24(27,28)29/h9,11-14,16,20-21H,1-7,10H2,(H2,31,37)(H,34,36)/t16?,20-,21-/m0/s1. The van der Waals surface area contributed by atoms with Crippen molar-refractivity contribution in [1.29, 1.82) is 5.26 Å². The van der Waals surface area contributed by atoms with Crippen molar-refractivity contribution in [3.63, 3.8) is 0 Å². The number of halogens is 5. The van der Waals surface area contributed by atoms with Crippen LogP contribution in [0, 0.1) is 29.1 Å². The topological polar surface area (TPSA) is 126 Å². The third-order valence-electron chi connectivity index (χ3n) is 7.23. The molecule has 0 spiro atoms. The van der Waals surface area contributed by atoms with E-state index < -0.39 is 54.6 Å². The molecule has 1 unspecified atom stereocenters. The van der Waals surface area contributed by atoms with E-state index in [-0.39, 0.29) is 43.2 Å². The summed E-state index contributed by atoms with van der Waals surface area (Å²) in [6.07, 6.45) is -2.49. The second-order valence-electron chi connectivity index (χ2n) is 10.0. The second-order valence-corrected chi connectivity index (χ2v) is 10.0. The minimum absolute atomic E-state index is 0.137. The lowest BCUT2D eigenvalue weighted by Crippen LogP contribution is -2.37. The predicted molar refractivity (Wildman–Crippen MR) is 120 cm³/mol. The lowest BCUT2D eigenvalue weighted by molar-refractivity contribution is -0.155. The van der Waals surface area contributed by atoms with Gasteiger partial charge in [-0.3, -0.25) is 9.59 Å². The van der Waals surface area contributed by atoms with Crippen LogP contribution in [-0.4, -0.2) is 38.5 Å². The number of amides is 2. The maximum atomic E-state index is 13.7. The van der Waals surface area contributed by atoms with Crippen LogP contribution in [0.3, 0.4) is 0 Å². The van der Waals surface area contributed by atoms with Gasteiger partial charge in [-0.15, -0.1) is 0 Å². The summed E-state index contributed by atoms with van der Waals surface area (Å²) in [5.74, 6) is -7.10.